The zero-order valence-electron chi connectivity index (χ0n) is 19.5. The number of thiophene rings is 1. The number of carbonyl (C=O) groups excluding carboxylic acids is 3. The standard InChI is InChI=1S/C24H27ClN2O5S/c1-7-27-17-10-9-15(25)11-16(17)13(5)19(27)21(28)26-22-18(23(29)31-8-2)14(6)20(33-22)24(30)32-12(3)4/h9-12H,7-8H2,1-6H3,(H,26,28). The van der Waals surface area contributed by atoms with E-state index in [1.807, 2.05) is 30.5 Å². The van der Waals surface area contributed by atoms with Crippen molar-refractivity contribution in [2.45, 2.75) is 54.2 Å². The number of fused-ring (bicyclic) bond motifs is 1. The van der Waals surface area contributed by atoms with Gasteiger partial charge in [-0.3, -0.25) is 4.79 Å². The molecule has 0 radical (unpaired) electrons. The number of anilines is 1. The molecular formula is C24H27ClN2O5S. The Morgan fingerprint density at radius 1 is 1.12 bits per heavy atom. The number of benzene rings is 1. The van der Waals surface area contributed by atoms with Gasteiger partial charge in [0.1, 0.15) is 15.6 Å². The van der Waals surface area contributed by atoms with Gasteiger partial charge in [-0.15, -0.1) is 11.3 Å². The fourth-order valence-electron chi connectivity index (χ4n) is 3.79. The lowest BCUT2D eigenvalue weighted by Crippen LogP contribution is -2.19. The Hall–Kier alpha value is -2.84. The van der Waals surface area contributed by atoms with E-state index >= 15 is 0 Å². The van der Waals surface area contributed by atoms with Gasteiger partial charge < -0.3 is 19.4 Å². The molecule has 9 heteroatoms. The third-order valence-electron chi connectivity index (χ3n) is 5.19. The minimum atomic E-state index is -0.607. The van der Waals surface area contributed by atoms with Crippen LogP contribution >= 0.6 is 22.9 Å². The van der Waals surface area contributed by atoms with Crippen molar-refractivity contribution in [2.24, 2.45) is 0 Å². The predicted molar refractivity (Wildman–Crippen MR) is 131 cm³/mol. The largest absolute Gasteiger partial charge is 0.462 e. The Morgan fingerprint density at radius 2 is 1.82 bits per heavy atom. The Kier molecular flexibility index (Phi) is 7.49. The normalized spacial score (nSPS) is 11.2. The van der Waals surface area contributed by atoms with E-state index in [0.717, 1.165) is 27.8 Å². The Labute approximate surface area is 201 Å². The molecule has 0 saturated heterocycles. The number of nitrogens with zero attached hydrogens (tertiary/aromatic N) is 1. The molecule has 0 aliphatic rings. The minimum Gasteiger partial charge on any atom is -0.462 e. The van der Waals surface area contributed by atoms with Crippen LogP contribution in [0.5, 0.6) is 0 Å². The Balaban J connectivity index is 2.09. The molecule has 176 valence electrons. The van der Waals surface area contributed by atoms with Gasteiger partial charge in [0.05, 0.1) is 18.3 Å². The first-order chi connectivity index (χ1) is 15.6. The highest BCUT2D eigenvalue weighted by molar-refractivity contribution is 7.18. The monoisotopic (exact) mass is 490 g/mol. The maximum Gasteiger partial charge on any atom is 0.348 e. The van der Waals surface area contributed by atoms with E-state index in [1.165, 1.54) is 0 Å². The van der Waals surface area contributed by atoms with Crippen LogP contribution in [0.3, 0.4) is 0 Å². The van der Waals surface area contributed by atoms with Crippen LogP contribution in [0.4, 0.5) is 5.00 Å². The topological polar surface area (TPSA) is 86.6 Å². The van der Waals surface area contributed by atoms with Gasteiger partial charge >= 0.3 is 11.9 Å². The van der Waals surface area contributed by atoms with Crippen LogP contribution in [0.15, 0.2) is 18.2 Å². The lowest BCUT2D eigenvalue weighted by atomic mass is 10.1. The molecular weight excluding hydrogens is 464 g/mol. The number of carbonyl (C=O) groups is 3. The second-order valence-corrected chi connectivity index (χ2v) is 9.23. The Morgan fingerprint density at radius 3 is 2.42 bits per heavy atom. The fourth-order valence-corrected chi connectivity index (χ4v) is 5.04. The van der Waals surface area contributed by atoms with E-state index in [1.54, 1.807) is 33.8 Å². The van der Waals surface area contributed by atoms with Crippen LogP contribution < -0.4 is 5.32 Å². The number of rotatable bonds is 7. The van der Waals surface area contributed by atoms with Crippen molar-refractivity contribution in [1.29, 1.82) is 0 Å². The van der Waals surface area contributed by atoms with Crippen LogP contribution in [-0.4, -0.2) is 35.1 Å². The first-order valence-corrected chi connectivity index (χ1v) is 11.9. The van der Waals surface area contributed by atoms with Crippen molar-refractivity contribution in [3.63, 3.8) is 0 Å². The molecule has 0 saturated carbocycles. The maximum absolute atomic E-state index is 13.4. The van der Waals surface area contributed by atoms with E-state index in [4.69, 9.17) is 21.1 Å². The average Bonchev–Trinajstić information content (AvgIpc) is 3.21. The average molecular weight is 491 g/mol. The molecule has 33 heavy (non-hydrogen) atoms. The number of amides is 1. The first kappa shape index (κ1) is 24.8. The van der Waals surface area contributed by atoms with Gasteiger partial charge in [0.15, 0.2) is 0 Å². The van der Waals surface area contributed by atoms with Crippen LogP contribution in [0.1, 0.15) is 69.3 Å². The smallest absolute Gasteiger partial charge is 0.348 e. The summed E-state index contributed by atoms with van der Waals surface area (Å²) in [6.45, 7) is 11.4. The summed E-state index contributed by atoms with van der Waals surface area (Å²) in [4.78, 5) is 39.0. The zero-order valence-corrected chi connectivity index (χ0v) is 21.1. The molecule has 3 aromatic rings. The summed E-state index contributed by atoms with van der Waals surface area (Å²) < 4.78 is 12.4. The van der Waals surface area contributed by atoms with E-state index in [2.05, 4.69) is 5.32 Å². The van der Waals surface area contributed by atoms with Gasteiger partial charge in [0.2, 0.25) is 0 Å². The van der Waals surface area contributed by atoms with Crippen molar-refractivity contribution >= 4 is 56.7 Å². The van der Waals surface area contributed by atoms with Crippen LogP contribution in [0.2, 0.25) is 5.02 Å². The van der Waals surface area contributed by atoms with Gasteiger partial charge in [-0.1, -0.05) is 11.6 Å². The minimum absolute atomic E-state index is 0.158. The number of aromatic nitrogens is 1. The molecule has 3 rings (SSSR count). The quantitative estimate of drug-likeness (QED) is 0.411. The second-order valence-electron chi connectivity index (χ2n) is 7.77. The highest BCUT2D eigenvalue weighted by atomic mass is 35.5. The lowest BCUT2D eigenvalue weighted by molar-refractivity contribution is 0.0383. The summed E-state index contributed by atoms with van der Waals surface area (Å²) in [7, 11) is 0. The number of hydrogen-bond donors (Lipinski definition) is 1. The van der Waals surface area contributed by atoms with Crippen LogP contribution in [0.25, 0.3) is 10.9 Å². The summed E-state index contributed by atoms with van der Waals surface area (Å²) in [5.41, 5.74) is 2.70. The van der Waals surface area contributed by atoms with Crippen molar-refractivity contribution in [3.05, 3.63) is 50.5 Å². The van der Waals surface area contributed by atoms with Gasteiger partial charge in [-0.2, -0.15) is 0 Å². The lowest BCUT2D eigenvalue weighted by Gasteiger charge is -2.10. The van der Waals surface area contributed by atoms with Crippen LogP contribution in [0, 0.1) is 13.8 Å². The summed E-state index contributed by atoms with van der Waals surface area (Å²) in [6.07, 6.45) is -0.321. The molecule has 0 atom stereocenters. The van der Waals surface area contributed by atoms with Crippen molar-refractivity contribution in [2.75, 3.05) is 11.9 Å². The molecule has 0 spiro atoms. The number of aryl methyl sites for hydroxylation is 2. The van der Waals surface area contributed by atoms with Crippen molar-refractivity contribution < 1.29 is 23.9 Å². The van der Waals surface area contributed by atoms with E-state index in [0.29, 0.717) is 22.8 Å². The van der Waals surface area contributed by atoms with Crippen LogP contribution in [-0.2, 0) is 16.0 Å². The van der Waals surface area contributed by atoms with E-state index in [9.17, 15) is 14.4 Å². The van der Waals surface area contributed by atoms with Crippen molar-refractivity contribution in [1.82, 2.24) is 4.57 Å². The molecule has 0 aliphatic heterocycles. The second kappa shape index (κ2) is 9.97. The molecule has 2 heterocycles. The van der Waals surface area contributed by atoms with Gasteiger partial charge in [0.25, 0.3) is 5.91 Å². The molecule has 0 fully saturated rings. The molecule has 0 aliphatic carbocycles. The number of halogens is 1. The molecule has 0 unspecified atom stereocenters. The molecule has 0 bridgehead atoms. The highest BCUT2D eigenvalue weighted by Crippen LogP contribution is 2.36. The number of hydrogen-bond acceptors (Lipinski definition) is 6. The fraction of sp³-hybridized carbons (Fsp3) is 0.375. The maximum atomic E-state index is 13.4. The molecule has 2 aromatic heterocycles. The number of ether oxygens (including phenoxy) is 2. The molecule has 1 N–H and O–H groups in total. The summed E-state index contributed by atoms with van der Waals surface area (Å²) in [6, 6.07) is 5.49. The van der Waals surface area contributed by atoms with Gasteiger partial charge in [-0.05, 0) is 70.9 Å². The highest BCUT2D eigenvalue weighted by Gasteiger charge is 2.29. The molecule has 1 amide bonds. The number of esters is 2. The number of nitrogens with one attached hydrogen (secondary N) is 1. The third-order valence-corrected chi connectivity index (χ3v) is 6.61. The Bertz CT molecular complexity index is 1240. The SMILES string of the molecule is CCOC(=O)c1c(NC(=O)c2c(C)c3cc(Cl)ccc3n2CC)sc(C(=O)OC(C)C)c1C. The molecule has 7 nitrogen and oxygen atoms in total. The van der Waals surface area contributed by atoms with E-state index < -0.39 is 17.8 Å². The summed E-state index contributed by atoms with van der Waals surface area (Å²) in [5.74, 6) is -1.55. The van der Waals surface area contributed by atoms with Crippen molar-refractivity contribution in [3.8, 4) is 0 Å². The predicted octanol–water partition coefficient (Wildman–Crippen LogP) is 5.99. The van der Waals surface area contributed by atoms with E-state index in [-0.39, 0.29) is 28.2 Å². The zero-order chi connectivity index (χ0) is 24.4. The summed E-state index contributed by atoms with van der Waals surface area (Å²) in [5, 5.41) is 4.55. The summed E-state index contributed by atoms with van der Waals surface area (Å²) >= 11 is 7.18. The first-order valence-electron chi connectivity index (χ1n) is 10.7. The third kappa shape index (κ3) is 4.77. The van der Waals surface area contributed by atoms with Gasteiger partial charge in [0, 0.05) is 22.5 Å². The van der Waals surface area contributed by atoms with Gasteiger partial charge in [-0.25, -0.2) is 9.59 Å². The molecule has 1 aromatic carbocycles.